The Bertz CT molecular complexity index is 95.1. The summed E-state index contributed by atoms with van der Waals surface area (Å²) in [6.07, 6.45) is 2.00. The molecular formula is C6H13NOS. The van der Waals surface area contributed by atoms with Gasteiger partial charge in [-0.2, -0.15) is 11.8 Å². The topological polar surface area (TPSA) is 35.2 Å². The van der Waals surface area contributed by atoms with Crippen molar-refractivity contribution < 1.29 is 4.74 Å². The monoisotopic (exact) mass is 147 g/mol. The van der Waals surface area contributed by atoms with Gasteiger partial charge in [0, 0.05) is 5.75 Å². The van der Waals surface area contributed by atoms with Gasteiger partial charge in [-0.1, -0.05) is 6.58 Å². The van der Waals surface area contributed by atoms with E-state index in [2.05, 4.69) is 6.58 Å². The quantitative estimate of drug-likeness (QED) is 0.598. The Morgan fingerprint density at radius 2 is 2.44 bits per heavy atom. The van der Waals surface area contributed by atoms with Crippen LogP contribution in [-0.4, -0.2) is 25.2 Å². The second-order valence-corrected chi connectivity index (χ2v) is 2.64. The molecule has 0 heterocycles. The van der Waals surface area contributed by atoms with Crippen LogP contribution in [0.1, 0.15) is 0 Å². The third-order valence-corrected chi connectivity index (χ3v) is 1.71. The van der Waals surface area contributed by atoms with Crippen molar-refractivity contribution in [2.45, 2.75) is 6.04 Å². The lowest BCUT2D eigenvalue weighted by Gasteiger charge is -2.10. The normalized spacial score (nSPS) is 12.8. The van der Waals surface area contributed by atoms with Crippen LogP contribution in [-0.2, 0) is 4.74 Å². The third kappa shape index (κ3) is 3.43. The van der Waals surface area contributed by atoms with E-state index in [0.29, 0.717) is 5.76 Å². The SMILES string of the molecule is C=C(OC)C(N)CSC. The molecule has 0 aromatic carbocycles. The van der Waals surface area contributed by atoms with Crippen molar-refractivity contribution in [3.05, 3.63) is 12.3 Å². The van der Waals surface area contributed by atoms with Crippen LogP contribution in [0.15, 0.2) is 12.3 Å². The third-order valence-electron chi connectivity index (χ3n) is 1.02. The predicted octanol–water partition coefficient (Wildman–Crippen LogP) is 0.837. The lowest BCUT2D eigenvalue weighted by atomic mass is 10.3. The largest absolute Gasteiger partial charge is 0.500 e. The first kappa shape index (κ1) is 8.85. The lowest BCUT2D eigenvalue weighted by molar-refractivity contribution is 0.272. The molecule has 0 aliphatic heterocycles. The van der Waals surface area contributed by atoms with Crippen molar-refractivity contribution >= 4 is 11.8 Å². The van der Waals surface area contributed by atoms with Crippen LogP contribution in [0.4, 0.5) is 0 Å². The van der Waals surface area contributed by atoms with Gasteiger partial charge in [-0.15, -0.1) is 0 Å². The Balaban J connectivity index is 3.45. The number of ether oxygens (including phenoxy) is 1. The van der Waals surface area contributed by atoms with Gasteiger partial charge < -0.3 is 10.5 Å². The second-order valence-electron chi connectivity index (χ2n) is 1.73. The van der Waals surface area contributed by atoms with E-state index >= 15 is 0 Å². The molecule has 0 bridgehead atoms. The van der Waals surface area contributed by atoms with Crippen molar-refractivity contribution in [1.29, 1.82) is 0 Å². The molecule has 0 fully saturated rings. The van der Waals surface area contributed by atoms with Gasteiger partial charge >= 0.3 is 0 Å². The molecule has 2 N–H and O–H groups in total. The van der Waals surface area contributed by atoms with E-state index in [1.54, 1.807) is 18.9 Å². The van der Waals surface area contributed by atoms with Crippen LogP contribution in [0.2, 0.25) is 0 Å². The summed E-state index contributed by atoms with van der Waals surface area (Å²) in [6, 6.07) is -0.0231. The summed E-state index contributed by atoms with van der Waals surface area (Å²) in [5.41, 5.74) is 5.59. The van der Waals surface area contributed by atoms with Crippen molar-refractivity contribution in [2.24, 2.45) is 5.73 Å². The fourth-order valence-electron chi connectivity index (χ4n) is 0.424. The fraction of sp³-hybridized carbons (Fsp3) is 0.667. The second kappa shape index (κ2) is 4.70. The van der Waals surface area contributed by atoms with Crippen LogP contribution >= 0.6 is 11.8 Å². The molecule has 0 aromatic rings. The van der Waals surface area contributed by atoms with E-state index in [-0.39, 0.29) is 6.04 Å². The number of methoxy groups -OCH3 is 1. The Kier molecular flexibility index (Phi) is 4.62. The predicted molar refractivity (Wildman–Crippen MR) is 42.5 cm³/mol. The summed E-state index contributed by atoms with van der Waals surface area (Å²) in [4.78, 5) is 0. The number of rotatable bonds is 4. The zero-order valence-electron chi connectivity index (χ0n) is 5.89. The molecule has 0 saturated heterocycles. The molecule has 0 aliphatic rings. The van der Waals surface area contributed by atoms with Gasteiger partial charge in [-0.3, -0.25) is 0 Å². The Labute approximate surface area is 60.5 Å². The summed E-state index contributed by atoms with van der Waals surface area (Å²) in [6.45, 7) is 3.63. The molecule has 0 spiro atoms. The van der Waals surface area contributed by atoms with Crippen LogP contribution in [0.25, 0.3) is 0 Å². The molecule has 0 aromatic heterocycles. The highest BCUT2D eigenvalue weighted by Crippen LogP contribution is 2.02. The lowest BCUT2D eigenvalue weighted by Crippen LogP contribution is -2.25. The summed E-state index contributed by atoms with van der Waals surface area (Å²) in [5, 5.41) is 0. The molecule has 0 saturated carbocycles. The zero-order valence-corrected chi connectivity index (χ0v) is 6.70. The Morgan fingerprint density at radius 3 is 2.78 bits per heavy atom. The first-order chi connectivity index (χ1) is 4.22. The Morgan fingerprint density at radius 1 is 1.89 bits per heavy atom. The van der Waals surface area contributed by atoms with Gasteiger partial charge in [0.1, 0.15) is 5.76 Å². The molecule has 0 radical (unpaired) electrons. The van der Waals surface area contributed by atoms with Gasteiger partial charge in [-0.05, 0) is 6.26 Å². The highest BCUT2D eigenvalue weighted by Gasteiger charge is 2.04. The molecule has 2 nitrogen and oxygen atoms in total. The van der Waals surface area contributed by atoms with E-state index in [0.717, 1.165) is 5.75 Å². The summed E-state index contributed by atoms with van der Waals surface area (Å²) in [5.74, 6) is 1.52. The molecule has 3 heteroatoms. The Hall–Kier alpha value is -0.150. The van der Waals surface area contributed by atoms with Crippen molar-refractivity contribution in [3.8, 4) is 0 Å². The van der Waals surface area contributed by atoms with Gasteiger partial charge in [0.2, 0.25) is 0 Å². The van der Waals surface area contributed by atoms with Crippen molar-refractivity contribution in [1.82, 2.24) is 0 Å². The molecule has 54 valence electrons. The van der Waals surface area contributed by atoms with E-state index < -0.39 is 0 Å². The van der Waals surface area contributed by atoms with Gasteiger partial charge in [-0.25, -0.2) is 0 Å². The summed E-state index contributed by atoms with van der Waals surface area (Å²) >= 11 is 1.69. The molecule has 0 amide bonds. The highest BCUT2D eigenvalue weighted by atomic mass is 32.2. The fourth-order valence-corrected chi connectivity index (χ4v) is 0.969. The number of hydrogen-bond donors (Lipinski definition) is 1. The molecule has 1 atom stereocenters. The number of nitrogens with two attached hydrogens (primary N) is 1. The van der Waals surface area contributed by atoms with E-state index in [1.165, 1.54) is 0 Å². The van der Waals surface area contributed by atoms with Crippen LogP contribution < -0.4 is 5.73 Å². The maximum atomic E-state index is 5.59. The highest BCUT2D eigenvalue weighted by molar-refractivity contribution is 7.98. The van der Waals surface area contributed by atoms with Crippen LogP contribution in [0.3, 0.4) is 0 Å². The van der Waals surface area contributed by atoms with Gasteiger partial charge in [0.15, 0.2) is 0 Å². The molecule has 0 rings (SSSR count). The van der Waals surface area contributed by atoms with Crippen molar-refractivity contribution in [2.75, 3.05) is 19.1 Å². The smallest absolute Gasteiger partial charge is 0.106 e. The zero-order chi connectivity index (χ0) is 7.28. The van der Waals surface area contributed by atoms with Crippen LogP contribution in [0, 0.1) is 0 Å². The van der Waals surface area contributed by atoms with Gasteiger partial charge in [0.25, 0.3) is 0 Å². The maximum Gasteiger partial charge on any atom is 0.106 e. The minimum absolute atomic E-state index is 0.0231. The van der Waals surface area contributed by atoms with E-state index in [1.807, 2.05) is 6.26 Å². The van der Waals surface area contributed by atoms with Crippen LogP contribution in [0.5, 0.6) is 0 Å². The first-order valence-electron chi connectivity index (χ1n) is 2.69. The molecule has 9 heavy (non-hydrogen) atoms. The summed E-state index contributed by atoms with van der Waals surface area (Å²) in [7, 11) is 1.59. The molecular weight excluding hydrogens is 134 g/mol. The average Bonchev–Trinajstić information content (AvgIpc) is 1.87. The standard InChI is InChI=1S/C6H13NOS/c1-5(8-2)6(7)4-9-3/h6H,1,4,7H2,2-3H3. The first-order valence-corrected chi connectivity index (χ1v) is 4.09. The minimum atomic E-state index is -0.0231. The van der Waals surface area contributed by atoms with Crippen molar-refractivity contribution in [3.63, 3.8) is 0 Å². The van der Waals surface area contributed by atoms with E-state index in [9.17, 15) is 0 Å². The maximum absolute atomic E-state index is 5.59. The molecule has 0 aliphatic carbocycles. The summed E-state index contributed by atoms with van der Waals surface area (Å²) < 4.78 is 4.83. The minimum Gasteiger partial charge on any atom is -0.500 e. The van der Waals surface area contributed by atoms with E-state index in [4.69, 9.17) is 10.5 Å². The number of thioether (sulfide) groups is 1. The number of hydrogen-bond acceptors (Lipinski definition) is 3. The average molecular weight is 147 g/mol. The molecule has 1 unspecified atom stereocenters. The van der Waals surface area contributed by atoms with Gasteiger partial charge in [0.05, 0.1) is 13.2 Å².